The Hall–Kier alpha value is -1.39. The van der Waals surface area contributed by atoms with Gasteiger partial charge >= 0.3 is 0 Å². The van der Waals surface area contributed by atoms with Crippen molar-refractivity contribution in [1.82, 2.24) is 10.2 Å². The Bertz CT molecular complexity index is 470. The van der Waals surface area contributed by atoms with E-state index in [2.05, 4.69) is 17.3 Å². The zero-order chi connectivity index (χ0) is 14.7. The van der Waals surface area contributed by atoms with Gasteiger partial charge in [0, 0.05) is 18.8 Å². The third-order valence-electron chi connectivity index (χ3n) is 4.78. The van der Waals surface area contributed by atoms with Crippen molar-refractivity contribution < 1.29 is 4.79 Å². The van der Waals surface area contributed by atoms with Crippen molar-refractivity contribution >= 4 is 11.6 Å². The molecule has 2 aliphatic rings. The number of anilines is 1. The summed E-state index contributed by atoms with van der Waals surface area (Å²) in [5.74, 6) is 0.993. The average Bonchev–Trinajstić information content (AvgIpc) is 2.91. The van der Waals surface area contributed by atoms with Gasteiger partial charge in [-0.1, -0.05) is 18.2 Å². The van der Waals surface area contributed by atoms with Gasteiger partial charge in [-0.2, -0.15) is 0 Å². The number of rotatable bonds is 4. The molecule has 1 N–H and O–H groups in total. The summed E-state index contributed by atoms with van der Waals surface area (Å²) in [6, 6.07) is 10.1. The highest BCUT2D eigenvalue weighted by atomic mass is 16.2. The summed E-state index contributed by atoms with van der Waals surface area (Å²) in [6.45, 7) is 4.12. The zero-order valence-electron chi connectivity index (χ0n) is 12.8. The fraction of sp³-hybridized carbons (Fsp3) is 0.588. The Morgan fingerprint density at radius 2 is 1.90 bits per heavy atom. The van der Waals surface area contributed by atoms with Crippen molar-refractivity contribution in [3.8, 4) is 0 Å². The minimum absolute atomic E-state index is 0.0556. The van der Waals surface area contributed by atoms with Gasteiger partial charge < -0.3 is 10.2 Å². The van der Waals surface area contributed by atoms with E-state index in [1.54, 1.807) is 0 Å². The lowest BCUT2D eigenvalue weighted by atomic mass is 9.97. The van der Waals surface area contributed by atoms with E-state index in [0.717, 1.165) is 44.2 Å². The number of nitrogens with one attached hydrogen (secondary N) is 1. The second kappa shape index (κ2) is 6.58. The van der Waals surface area contributed by atoms with Gasteiger partial charge in [-0.25, -0.2) is 0 Å². The minimum atomic E-state index is 0.0556. The van der Waals surface area contributed by atoms with Crippen molar-refractivity contribution in [3.63, 3.8) is 0 Å². The molecule has 21 heavy (non-hydrogen) atoms. The summed E-state index contributed by atoms with van der Waals surface area (Å²) in [4.78, 5) is 16.9. The van der Waals surface area contributed by atoms with Crippen LogP contribution in [-0.4, -0.2) is 50.1 Å². The first kappa shape index (κ1) is 14.5. The van der Waals surface area contributed by atoms with E-state index in [9.17, 15) is 4.79 Å². The summed E-state index contributed by atoms with van der Waals surface area (Å²) in [5.41, 5.74) is 1.03. The fourth-order valence-electron chi connectivity index (χ4n) is 3.54. The van der Waals surface area contributed by atoms with Crippen LogP contribution in [0.2, 0.25) is 0 Å². The quantitative estimate of drug-likeness (QED) is 0.916. The second-order valence-corrected chi connectivity index (χ2v) is 6.26. The smallest absolute Gasteiger partial charge is 0.244 e. The maximum absolute atomic E-state index is 12.7. The summed E-state index contributed by atoms with van der Waals surface area (Å²) in [7, 11) is 2.11. The third kappa shape index (κ3) is 3.27. The average molecular weight is 287 g/mol. The van der Waals surface area contributed by atoms with Crippen LogP contribution >= 0.6 is 0 Å². The number of nitrogens with zero attached hydrogens (tertiary/aromatic N) is 2. The monoisotopic (exact) mass is 287 g/mol. The number of piperidine rings is 1. The van der Waals surface area contributed by atoms with E-state index in [1.807, 2.05) is 35.2 Å². The van der Waals surface area contributed by atoms with Crippen LogP contribution in [0.5, 0.6) is 0 Å². The molecule has 1 amide bonds. The van der Waals surface area contributed by atoms with Gasteiger partial charge in [-0.3, -0.25) is 9.69 Å². The van der Waals surface area contributed by atoms with E-state index in [1.165, 1.54) is 12.8 Å². The molecule has 1 atom stereocenters. The number of hydrogen-bond acceptors (Lipinski definition) is 3. The van der Waals surface area contributed by atoms with Gasteiger partial charge in [0.05, 0.1) is 6.04 Å². The molecule has 1 aromatic rings. The normalized spacial score (nSPS) is 24.0. The number of carbonyl (C=O) groups excluding carboxylic acids is 1. The SMILES string of the molecule is CN(CC1CCNCC1)C1CCN(c2ccccc2)C1=O. The van der Waals surface area contributed by atoms with Crippen LogP contribution in [0, 0.1) is 5.92 Å². The van der Waals surface area contributed by atoms with Crippen molar-refractivity contribution in [2.45, 2.75) is 25.3 Å². The minimum Gasteiger partial charge on any atom is -0.317 e. The topological polar surface area (TPSA) is 35.6 Å². The summed E-state index contributed by atoms with van der Waals surface area (Å²) >= 11 is 0. The number of benzene rings is 1. The molecule has 4 nitrogen and oxygen atoms in total. The molecule has 0 bridgehead atoms. The fourth-order valence-corrected chi connectivity index (χ4v) is 3.54. The van der Waals surface area contributed by atoms with E-state index in [-0.39, 0.29) is 11.9 Å². The third-order valence-corrected chi connectivity index (χ3v) is 4.78. The van der Waals surface area contributed by atoms with Crippen molar-refractivity contribution in [1.29, 1.82) is 0 Å². The standard InChI is InChI=1S/C17H25N3O/c1-19(13-14-7-10-18-11-8-14)16-9-12-20(17(16)21)15-5-3-2-4-6-15/h2-6,14,16,18H,7-13H2,1H3. The first-order valence-electron chi connectivity index (χ1n) is 8.03. The van der Waals surface area contributed by atoms with Gasteiger partial charge in [-0.05, 0) is 57.5 Å². The van der Waals surface area contributed by atoms with Crippen LogP contribution in [0.1, 0.15) is 19.3 Å². The van der Waals surface area contributed by atoms with Crippen molar-refractivity contribution in [2.75, 3.05) is 38.1 Å². The maximum Gasteiger partial charge on any atom is 0.244 e. The Morgan fingerprint density at radius 3 is 2.62 bits per heavy atom. The molecule has 0 radical (unpaired) electrons. The van der Waals surface area contributed by atoms with Crippen LogP contribution < -0.4 is 10.2 Å². The summed E-state index contributed by atoms with van der Waals surface area (Å²) in [6.07, 6.45) is 3.40. The molecule has 2 aliphatic heterocycles. The maximum atomic E-state index is 12.7. The zero-order valence-corrected chi connectivity index (χ0v) is 12.8. The molecule has 114 valence electrons. The Labute approximate surface area is 127 Å². The largest absolute Gasteiger partial charge is 0.317 e. The van der Waals surface area contributed by atoms with Gasteiger partial charge in [0.2, 0.25) is 5.91 Å². The molecule has 0 saturated carbocycles. The summed E-state index contributed by atoms with van der Waals surface area (Å²) < 4.78 is 0. The van der Waals surface area contributed by atoms with Crippen LogP contribution in [0.25, 0.3) is 0 Å². The molecule has 0 aliphatic carbocycles. The van der Waals surface area contributed by atoms with Gasteiger partial charge in [-0.15, -0.1) is 0 Å². The Kier molecular flexibility index (Phi) is 4.56. The van der Waals surface area contributed by atoms with E-state index in [0.29, 0.717) is 0 Å². The molecule has 2 fully saturated rings. The van der Waals surface area contributed by atoms with Crippen LogP contribution in [0.15, 0.2) is 30.3 Å². The Balaban J connectivity index is 1.60. The molecule has 0 spiro atoms. The molecular weight excluding hydrogens is 262 g/mol. The van der Waals surface area contributed by atoms with Gasteiger partial charge in [0.1, 0.15) is 0 Å². The first-order chi connectivity index (χ1) is 10.3. The van der Waals surface area contributed by atoms with Crippen molar-refractivity contribution in [3.05, 3.63) is 30.3 Å². The number of likely N-dealkylation sites (N-methyl/N-ethyl adjacent to an activating group) is 1. The van der Waals surface area contributed by atoms with Crippen LogP contribution in [0.3, 0.4) is 0 Å². The molecule has 4 heteroatoms. The number of hydrogen-bond donors (Lipinski definition) is 1. The van der Waals surface area contributed by atoms with E-state index in [4.69, 9.17) is 0 Å². The highest BCUT2D eigenvalue weighted by Crippen LogP contribution is 2.25. The first-order valence-corrected chi connectivity index (χ1v) is 8.03. The number of carbonyl (C=O) groups is 1. The highest BCUT2D eigenvalue weighted by molar-refractivity contribution is 5.99. The summed E-state index contributed by atoms with van der Waals surface area (Å²) in [5, 5.41) is 3.40. The molecular formula is C17H25N3O. The predicted molar refractivity (Wildman–Crippen MR) is 85.4 cm³/mol. The molecule has 2 saturated heterocycles. The lowest BCUT2D eigenvalue weighted by Gasteiger charge is -2.30. The molecule has 2 heterocycles. The van der Waals surface area contributed by atoms with Crippen molar-refractivity contribution in [2.24, 2.45) is 5.92 Å². The van der Waals surface area contributed by atoms with Gasteiger partial charge in [0.25, 0.3) is 0 Å². The lowest BCUT2D eigenvalue weighted by Crippen LogP contribution is -2.43. The highest BCUT2D eigenvalue weighted by Gasteiger charge is 2.35. The van der Waals surface area contributed by atoms with Gasteiger partial charge in [0.15, 0.2) is 0 Å². The number of para-hydroxylation sites is 1. The molecule has 1 unspecified atom stereocenters. The van der Waals surface area contributed by atoms with E-state index >= 15 is 0 Å². The second-order valence-electron chi connectivity index (χ2n) is 6.26. The predicted octanol–water partition coefficient (Wildman–Crippen LogP) is 1.72. The van der Waals surface area contributed by atoms with Crippen LogP contribution in [0.4, 0.5) is 5.69 Å². The van der Waals surface area contributed by atoms with Crippen LogP contribution in [-0.2, 0) is 4.79 Å². The molecule has 1 aromatic carbocycles. The number of amides is 1. The Morgan fingerprint density at radius 1 is 1.19 bits per heavy atom. The van der Waals surface area contributed by atoms with E-state index < -0.39 is 0 Å². The lowest BCUT2D eigenvalue weighted by molar-refractivity contribution is -0.121. The molecule has 3 rings (SSSR count). The molecule has 0 aromatic heterocycles.